The molecule has 10 aromatic carbocycles. The van der Waals surface area contributed by atoms with Crippen LogP contribution < -0.4 is 0 Å². The molecule has 0 saturated heterocycles. The number of fused-ring (bicyclic) bond motifs is 5. The molecular weight excluding hydrogens is 1870 g/mol. The maximum absolute atomic E-state index is 12.6. The number of benzene rings is 10. The maximum Gasteiger partial charge on any atom is 0.303 e. The fourth-order valence-corrected chi connectivity index (χ4v) is 21.5. The van der Waals surface area contributed by atoms with Gasteiger partial charge in [-0.15, -0.1) is 0 Å². The molecule has 0 unspecified atom stereocenters. The number of carbonyl (C=O) groups is 10. The summed E-state index contributed by atoms with van der Waals surface area (Å²) >= 11 is 6.82. The van der Waals surface area contributed by atoms with E-state index in [2.05, 4.69) is 197 Å². The molecule has 5 heterocycles. The largest absolute Gasteiger partial charge is 0.481 e. The number of hydrogen-bond donors (Lipinski definition) is 5. The molecule has 0 aliphatic carbocycles. The van der Waals surface area contributed by atoms with Gasteiger partial charge in [0.15, 0.2) is 25.8 Å². The molecule has 141 heavy (non-hydrogen) atoms. The van der Waals surface area contributed by atoms with Crippen molar-refractivity contribution in [1.29, 1.82) is 0 Å². The van der Waals surface area contributed by atoms with Gasteiger partial charge < -0.3 is 25.5 Å². The van der Waals surface area contributed by atoms with Gasteiger partial charge in [-0.05, 0) is 188 Å². The first-order chi connectivity index (χ1) is 66.7. The van der Waals surface area contributed by atoms with Crippen molar-refractivity contribution in [2.75, 3.05) is 0 Å². The fraction of sp³-hybridized carbons (Fsp3) is 0.324. The maximum atomic E-state index is 12.6. The minimum atomic E-state index is -0.962. The number of thioether (sulfide) groups is 5. The lowest BCUT2D eigenvalue weighted by molar-refractivity contribution is -0.139. The van der Waals surface area contributed by atoms with Crippen LogP contribution in [-0.4, -0.2) is 156 Å². The molecule has 736 valence electrons. The average molecular weight is 2000 g/mol. The average Bonchev–Trinajstić information content (AvgIpc) is 1.69. The lowest BCUT2D eigenvalue weighted by Gasteiger charge is -2.23. The zero-order valence-corrected chi connectivity index (χ0v) is 86.9. The predicted octanol–water partition coefficient (Wildman–Crippen LogP) is 25.4. The van der Waals surface area contributed by atoms with Crippen molar-refractivity contribution in [2.45, 2.75) is 257 Å². The fourth-order valence-electron chi connectivity index (χ4n) is 16.2. The first kappa shape index (κ1) is 108. The molecule has 15 aromatic rings. The number of rotatable bonds is 38. The summed E-state index contributed by atoms with van der Waals surface area (Å²) in [6.45, 7) is 35.2. The molecule has 5 N–H and O–H groups in total. The summed E-state index contributed by atoms with van der Waals surface area (Å²) in [5.74, 6) is -4.47. The Morgan fingerprint density at radius 2 is 0.560 bits per heavy atom. The summed E-state index contributed by atoms with van der Waals surface area (Å²) < 4.78 is 6.28. The van der Waals surface area contributed by atoms with Gasteiger partial charge in [0, 0.05) is 120 Å². The van der Waals surface area contributed by atoms with E-state index in [0.29, 0.717) is 27.3 Å². The number of aromatic nitrogens is 10. The van der Waals surface area contributed by atoms with E-state index < -0.39 is 53.6 Å². The van der Waals surface area contributed by atoms with Crippen molar-refractivity contribution >= 4 is 171 Å². The van der Waals surface area contributed by atoms with Crippen LogP contribution in [0.25, 0.3) is 82.3 Å². The Morgan fingerprint density at radius 3 is 0.908 bits per heavy atom. The zero-order chi connectivity index (χ0) is 103. The first-order valence-electron chi connectivity index (χ1n) is 46.7. The van der Waals surface area contributed by atoms with Gasteiger partial charge in [0.05, 0.1) is 84.3 Å². The highest BCUT2D eigenvalue weighted by molar-refractivity contribution is 8.02. The SMILES string of the molecule is CC(C)(Sc1nccn1-c1cccc2ccccc12)C(=O)CCC(=O)O.CC(C)c1ccc(-n2ccnc2SC(C)(C)C(=O)CCC(=O)O)c2ccccc12.CCc1ccc(-n2ccnc2SC(C)(C)C(=O)CCC(=O)O)c2ccccc12.Cc1ccc(-n2c(C)cnc2SC(C)(C)C(=O)CCC(=O)O)c2ccccc12.Cc1cnc(SC(C)(C)C(=O)CCC(=O)O)n1-c1ccc(C(C)C)c2ccccc12. The van der Waals surface area contributed by atoms with Crippen molar-refractivity contribution in [3.8, 4) is 28.4 Å². The molecule has 30 heteroatoms. The van der Waals surface area contributed by atoms with Gasteiger partial charge in [-0.1, -0.05) is 251 Å². The number of hydrogen-bond acceptors (Lipinski definition) is 20. The number of carboxylic acids is 5. The molecule has 0 fully saturated rings. The van der Waals surface area contributed by atoms with E-state index in [1.807, 2.05) is 188 Å². The van der Waals surface area contributed by atoms with Gasteiger partial charge in [-0.2, -0.15) is 0 Å². The van der Waals surface area contributed by atoms with Gasteiger partial charge in [-0.3, -0.25) is 70.8 Å². The Bertz CT molecular complexity index is 7120. The van der Waals surface area contributed by atoms with E-state index >= 15 is 0 Å². The number of ketones is 5. The van der Waals surface area contributed by atoms with Crippen LogP contribution in [0, 0.1) is 20.8 Å². The summed E-state index contributed by atoms with van der Waals surface area (Å²) in [5, 5.41) is 59.4. The summed E-state index contributed by atoms with van der Waals surface area (Å²) in [6.07, 6.45) is 14.7. The molecule has 25 nitrogen and oxygen atoms in total. The van der Waals surface area contributed by atoms with Crippen molar-refractivity contribution in [3.05, 3.63) is 271 Å². The number of imidazole rings is 5. The minimum absolute atomic E-state index is 0.0149. The topological polar surface area (TPSA) is 361 Å². The second-order valence-corrected chi connectivity index (χ2v) is 45.2. The highest BCUT2D eigenvalue weighted by Gasteiger charge is 2.37. The van der Waals surface area contributed by atoms with Gasteiger partial charge in [0.1, 0.15) is 28.9 Å². The summed E-state index contributed by atoms with van der Waals surface area (Å²) in [7, 11) is 0. The quantitative estimate of drug-likeness (QED) is 0.0224. The molecular formula is C111H122N10O15S5. The smallest absolute Gasteiger partial charge is 0.303 e. The Kier molecular flexibility index (Phi) is 36.5. The lowest BCUT2D eigenvalue weighted by atomic mass is 9.95. The van der Waals surface area contributed by atoms with Crippen LogP contribution in [0.4, 0.5) is 0 Å². The lowest BCUT2D eigenvalue weighted by Crippen LogP contribution is -2.28. The summed E-state index contributed by atoms with van der Waals surface area (Å²) in [6, 6.07) is 64.3. The van der Waals surface area contributed by atoms with E-state index in [9.17, 15) is 47.9 Å². The Labute approximate surface area is 843 Å². The van der Waals surface area contributed by atoms with E-state index in [1.165, 1.54) is 103 Å². The molecule has 0 amide bonds. The third-order valence-electron chi connectivity index (χ3n) is 24.2. The minimum Gasteiger partial charge on any atom is -0.481 e. The monoisotopic (exact) mass is 1990 g/mol. The van der Waals surface area contributed by atoms with Crippen molar-refractivity contribution < 1.29 is 73.5 Å². The van der Waals surface area contributed by atoms with Gasteiger partial charge in [0.25, 0.3) is 0 Å². The molecule has 0 atom stereocenters. The van der Waals surface area contributed by atoms with Crippen molar-refractivity contribution in [3.63, 3.8) is 0 Å². The van der Waals surface area contributed by atoms with Crippen LogP contribution >= 0.6 is 58.8 Å². The van der Waals surface area contributed by atoms with Crippen LogP contribution in [0.2, 0.25) is 0 Å². The number of nitrogens with zero attached hydrogens (tertiary/aromatic N) is 10. The van der Waals surface area contributed by atoms with Crippen molar-refractivity contribution in [1.82, 2.24) is 47.8 Å². The highest BCUT2D eigenvalue weighted by Crippen LogP contribution is 2.44. The van der Waals surface area contributed by atoms with Crippen LogP contribution in [0.1, 0.15) is 214 Å². The van der Waals surface area contributed by atoms with Crippen LogP contribution in [-0.2, 0) is 54.4 Å². The Hall–Kier alpha value is -13.0. The zero-order valence-electron chi connectivity index (χ0n) is 82.8. The second kappa shape index (κ2) is 47.5. The third kappa shape index (κ3) is 27.2. The number of carboxylic acid groups (broad SMARTS) is 5. The first-order valence-corrected chi connectivity index (χ1v) is 50.7. The molecule has 0 bridgehead atoms. The standard InChI is InChI=1S/C24H28N2O3S.C23H26N2O3S.2C22H24N2O3S.C20H20N2O3S/c1-15(2)17-10-11-20(19-9-7-6-8-18(17)19)26-16(3)14-25-23(26)30-24(4,5)21(27)12-13-22(28)29;1-15(2)16-9-10-19(18-8-6-5-7-17(16)18)25-14-13-24-22(25)29-23(3,4)20(26)11-12-21(27)28;1-14-9-10-18(17-8-6-5-7-16(14)17)24-15(2)13-23-21(24)28-22(3,4)19(25)11-12-20(26)27;1-4-15-9-10-18(17-8-6-5-7-16(15)17)24-14-13-23-21(24)28-22(2,3)19(25)11-12-20(26)27;1-20(2,17(23)10-11-18(24)25)26-19-21-12-13-22(19)16-9-5-7-14-6-3-4-8-15(14)16/h6-11,14-15H,12-13H2,1-5H3,(H,28,29);5-10,13-15H,11-12H2,1-4H3,(H,27,28);5-10,13H,11-12H2,1-4H3,(H,26,27);5-10,13-14H,4,11-12H2,1-3H3,(H,26,27);3-9,12-13H,10-11H2,1-2H3,(H,24,25). The van der Waals surface area contributed by atoms with E-state index in [4.69, 9.17) is 25.5 Å². The molecule has 0 radical (unpaired) electrons. The second-order valence-electron chi connectivity index (χ2n) is 37.3. The number of aryl methyl sites for hydroxylation is 4. The van der Waals surface area contributed by atoms with Crippen LogP contribution in [0.5, 0.6) is 0 Å². The molecule has 0 aliphatic heterocycles. The van der Waals surface area contributed by atoms with Crippen molar-refractivity contribution in [2.24, 2.45) is 0 Å². The highest BCUT2D eigenvalue weighted by atomic mass is 32.2. The Morgan fingerprint density at radius 1 is 0.291 bits per heavy atom. The number of Topliss-reactive ketones (excluding diaryl/α,β-unsaturated/α-hetero) is 5. The summed E-state index contributed by atoms with van der Waals surface area (Å²) in [5.41, 5.74) is 12.1. The third-order valence-corrected chi connectivity index (χ3v) is 30.3. The molecule has 0 saturated carbocycles. The Balaban J connectivity index is 0.000000169. The van der Waals surface area contributed by atoms with Crippen LogP contribution in [0.15, 0.2) is 263 Å². The van der Waals surface area contributed by atoms with E-state index in [-0.39, 0.29) is 93.1 Å². The van der Waals surface area contributed by atoms with E-state index in [0.717, 1.165) is 88.9 Å². The molecule has 15 rings (SSSR count). The number of aliphatic carboxylic acids is 5. The van der Waals surface area contributed by atoms with Gasteiger partial charge >= 0.3 is 29.8 Å². The van der Waals surface area contributed by atoms with Gasteiger partial charge in [0.2, 0.25) is 0 Å². The predicted molar refractivity (Wildman–Crippen MR) is 566 cm³/mol. The molecule has 0 spiro atoms. The normalized spacial score (nSPS) is 11.8. The van der Waals surface area contributed by atoms with Gasteiger partial charge in [-0.25, -0.2) is 24.9 Å². The van der Waals surface area contributed by atoms with Crippen LogP contribution in [0.3, 0.4) is 0 Å². The van der Waals surface area contributed by atoms with E-state index in [1.54, 1.807) is 24.8 Å². The molecule has 0 aliphatic rings. The number of carbonyl (C=O) groups excluding carboxylic acids is 5. The molecule has 5 aromatic heterocycles. The summed E-state index contributed by atoms with van der Waals surface area (Å²) in [4.78, 5) is 139.